The number of benzene rings is 2. The summed E-state index contributed by atoms with van der Waals surface area (Å²) in [6.45, 7) is 16.0. The maximum Gasteiger partial charge on any atom is 0.290 e. The molecule has 3 rings (SSSR count). The molecule has 1 aromatic heterocycles. The highest BCUT2D eigenvalue weighted by molar-refractivity contribution is 5.94. The van der Waals surface area contributed by atoms with Crippen LogP contribution in [0.25, 0.3) is 27.6 Å². The molecule has 0 aliphatic carbocycles. The van der Waals surface area contributed by atoms with Gasteiger partial charge in [0.1, 0.15) is 0 Å². The van der Waals surface area contributed by atoms with Gasteiger partial charge in [0.25, 0.3) is 5.56 Å². The van der Waals surface area contributed by atoms with Crippen LogP contribution >= 0.6 is 0 Å². The quantitative estimate of drug-likeness (QED) is 0.397. The molecule has 0 fully saturated rings. The molecule has 1 heterocycles. The zero-order valence-corrected chi connectivity index (χ0v) is 21.8. The third kappa shape index (κ3) is 8.27. The van der Waals surface area contributed by atoms with Gasteiger partial charge in [-0.3, -0.25) is 4.79 Å². The molecule has 33 heavy (non-hydrogen) atoms. The number of fused-ring (bicyclic) bond motifs is 1. The Bertz CT molecular complexity index is 1090. The van der Waals surface area contributed by atoms with Crippen LogP contribution in [-0.2, 0) is 0 Å². The number of aromatic amines is 1. The lowest BCUT2D eigenvalue weighted by molar-refractivity contribution is 0.409. The van der Waals surface area contributed by atoms with E-state index in [0.717, 1.165) is 33.2 Å². The number of ether oxygens (including phenoxy) is 1. The van der Waals surface area contributed by atoms with Crippen molar-refractivity contribution >= 4 is 16.5 Å². The van der Waals surface area contributed by atoms with Gasteiger partial charge in [-0.05, 0) is 54.3 Å². The number of nitrogens with one attached hydrogen (secondary N) is 1. The van der Waals surface area contributed by atoms with Gasteiger partial charge in [-0.2, -0.15) is 0 Å². The summed E-state index contributed by atoms with van der Waals surface area (Å²) >= 11 is 0. The smallest absolute Gasteiger partial charge is 0.290 e. The highest BCUT2D eigenvalue weighted by Crippen LogP contribution is 2.33. The Morgan fingerprint density at radius 1 is 0.879 bits per heavy atom. The summed E-state index contributed by atoms with van der Waals surface area (Å²) in [5.41, 5.74) is 4.95. The number of rotatable bonds is 5. The predicted octanol–water partition coefficient (Wildman–Crippen LogP) is 8.82. The fraction of sp³-hybridized carbons (Fsp3) is 0.300. The van der Waals surface area contributed by atoms with Crippen molar-refractivity contribution in [3.63, 3.8) is 0 Å². The first-order valence-corrected chi connectivity index (χ1v) is 11.9. The molecule has 0 amide bonds. The van der Waals surface area contributed by atoms with Crippen LogP contribution in [0.5, 0.6) is 5.75 Å². The van der Waals surface area contributed by atoms with Gasteiger partial charge in [0.05, 0.1) is 7.11 Å². The molecule has 0 aliphatic rings. The lowest BCUT2D eigenvalue weighted by Gasteiger charge is -2.14. The largest absolute Gasteiger partial charge is 0.491 e. The Balaban J connectivity index is 0.00000158. The molecule has 2 aromatic carbocycles. The standard InChI is InChI=1S/C24H23NO2.3C2H6/c1-4-6-8-11-17(5-2)20-14-19-15-23(27-3)24(26)25-22(19)16-21(20)18-12-9-7-10-13-18;3*1-2/h4-16H,1-3H3,(H,25,26);3*1-2H3/b6-4-,11-8-,17-5+;;;. The van der Waals surface area contributed by atoms with Crippen molar-refractivity contribution in [2.75, 3.05) is 7.11 Å². The molecule has 3 heteroatoms. The van der Waals surface area contributed by atoms with Gasteiger partial charge in [-0.15, -0.1) is 0 Å². The van der Waals surface area contributed by atoms with Crippen LogP contribution in [0.2, 0.25) is 0 Å². The van der Waals surface area contributed by atoms with Crippen LogP contribution in [-0.4, -0.2) is 12.1 Å². The van der Waals surface area contributed by atoms with Crippen molar-refractivity contribution in [1.29, 1.82) is 0 Å². The normalized spacial score (nSPS) is 10.6. The minimum Gasteiger partial charge on any atom is -0.491 e. The van der Waals surface area contributed by atoms with E-state index in [1.807, 2.05) is 97.9 Å². The second-order valence-corrected chi connectivity index (χ2v) is 6.15. The van der Waals surface area contributed by atoms with Crippen molar-refractivity contribution < 1.29 is 4.74 Å². The number of hydrogen-bond donors (Lipinski definition) is 1. The first-order chi connectivity index (χ1) is 16.2. The van der Waals surface area contributed by atoms with Crippen molar-refractivity contribution in [2.24, 2.45) is 0 Å². The first-order valence-electron chi connectivity index (χ1n) is 11.9. The van der Waals surface area contributed by atoms with Gasteiger partial charge in [-0.25, -0.2) is 0 Å². The Kier molecular flexibility index (Phi) is 15.5. The van der Waals surface area contributed by atoms with E-state index in [9.17, 15) is 4.79 Å². The third-order valence-corrected chi connectivity index (χ3v) is 4.45. The van der Waals surface area contributed by atoms with Gasteiger partial charge >= 0.3 is 0 Å². The van der Waals surface area contributed by atoms with Crippen LogP contribution in [0.4, 0.5) is 0 Å². The Hall–Kier alpha value is -3.33. The molecule has 0 saturated carbocycles. The first kappa shape index (κ1) is 29.7. The summed E-state index contributed by atoms with van der Waals surface area (Å²) < 4.78 is 5.19. The van der Waals surface area contributed by atoms with E-state index in [2.05, 4.69) is 35.3 Å². The minimum absolute atomic E-state index is 0.226. The molecule has 3 aromatic rings. The highest BCUT2D eigenvalue weighted by Gasteiger charge is 2.12. The van der Waals surface area contributed by atoms with Gasteiger partial charge in [0, 0.05) is 10.9 Å². The lowest BCUT2D eigenvalue weighted by atomic mass is 9.92. The van der Waals surface area contributed by atoms with E-state index in [4.69, 9.17) is 4.74 Å². The molecule has 0 aliphatic heterocycles. The zero-order chi connectivity index (χ0) is 25.2. The fourth-order valence-corrected chi connectivity index (χ4v) is 3.09. The summed E-state index contributed by atoms with van der Waals surface area (Å²) in [4.78, 5) is 15.1. The SMILES string of the molecule is CC.CC.CC.C\C=C/C=C\C(=C/C)c1cc2cc(OC)c(=O)[nH]c2cc1-c1ccccc1. The molecule has 0 spiro atoms. The molecule has 3 nitrogen and oxygen atoms in total. The summed E-state index contributed by atoms with van der Waals surface area (Å²) in [5.74, 6) is 0.312. The van der Waals surface area contributed by atoms with Crippen LogP contribution in [0, 0.1) is 0 Å². The molecule has 0 radical (unpaired) electrons. The predicted molar refractivity (Wildman–Crippen MR) is 148 cm³/mol. The summed E-state index contributed by atoms with van der Waals surface area (Å²) in [6, 6.07) is 16.1. The molecule has 0 unspecified atom stereocenters. The molecular formula is C30H41NO2. The van der Waals surface area contributed by atoms with Gasteiger partial charge in [0.15, 0.2) is 5.75 Å². The van der Waals surface area contributed by atoms with Crippen LogP contribution < -0.4 is 10.3 Å². The van der Waals surface area contributed by atoms with E-state index in [0.29, 0.717) is 5.75 Å². The molecule has 178 valence electrons. The van der Waals surface area contributed by atoms with Crippen LogP contribution in [0.1, 0.15) is 61.0 Å². The van der Waals surface area contributed by atoms with Crippen molar-refractivity contribution in [3.05, 3.63) is 94.8 Å². The number of allylic oxidation sites excluding steroid dienone is 6. The number of methoxy groups -OCH3 is 1. The van der Waals surface area contributed by atoms with Gasteiger partial charge < -0.3 is 9.72 Å². The minimum atomic E-state index is -0.226. The number of hydrogen-bond acceptors (Lipinski definition) is 2. The summed E-state index contributed by atoms with van der Waals surface area (Å²) in [5, 5.41) is 0.930. The summed E-state index contributed by atoms with van der Waals surface area (Å²) in [6.07, 6.45) is 10.2. The number of aromatic nitrogens is 1. The number of H-pyrrole nitrogens is 1. The molecule has 1 N–H and O–H groups in total. The summed E-state index contributed by atoms with van der Waals surface area (Å²) in [7, 11) is 1.51. The van der Waals surface area contributed by atoms with E-state index < -0.39 is 0 Å². The molecule has 0 atom stereocenters. The third-order valence-electron chi connectivity index (χ3n) is 4.45. The van der Waals surface area contributed by atoms with E-state index in [1.54, 1.807) is 6.07 Å². The number of pyridine rings is 1. The Labute approximate surface area is 200 Å². The molecular weight excluding hydrogens is 406 g/mol. The van der Waals surface area contributed by atoms with Crippen LogP contribution in [0.3, 0.4) is 0 Å². The second kappa shape index (κ2) is 17.3. The van der Waals surface area contributed by atoms with E-state index in [1.165, 1.54) is 7.11 Å². The Morgan fingerprint density at radius 2 is 1.52 bits per heavy atom. The van der Waals surface area contributed by atoms with Crippen molar-refractivity contribution in [2.45, 2.75) is 55.4 Å². The van der Waals surface area contributed by atoms with Gasteiger partial charge in [-0.1, -0.05) is 102 Å². The average Bonchev–Trinajstić information content (AvgIpc) is 2.90. The molecule has 0 bridgehead atoms. The maximum absolute atomic E-state index is 12.2. The Morgan fingerprint density at radius 3 is 2.06 bits per heavy atom. The van der Waals surface area contributed by atoms with Gasteiger partial charge in [0.2, 0.25) is 0 Å². The zero-order valence-electron chi connectivity index (χ0n) is 21.8. The fourth-order valence-electron chi connectivity index (χ4n) is 3.09. The molecule has 0 saturated heterocycles. The van der Waals surface area contributed by atoms with Crippen molar-refractivity contribution in [1.82, 2.24) is 4.98 Å². The highest BCUT2D eigenvalue weighted by atomic mass is 16.5. The van der Waals surface area contributed by atoms with E-state index in [-0.39, 0.29) is 5.56 Å². The van der Waals surface area contributed by atoms with E-state index >= 15 is 0 Å². The lowest BCUT2D eigenvalue weighted by Crippen LogP contribution is -2.09. The monoisotopic (exact) mass is 447 g/mol. The van der Waals surface area contributed by atoms with Crippen molar-refractivity contribution in [3.8, 4) is 16.9 Å². The topological polar surface area (TPSA) is 42.1 Å². The second-order valence-electron chi connectivity index (χ2n) is 6.15. The maximum atomic E-state index is 12.2. The van der Waals surface area contributed by atoms with Crippen LogP contribution in [0.15, 0.2) is 83.7 Å². The average molecular weight is 448 g/mol.